The van der Waals surface area contributed by atoms with Crippen LogP contribution in [0.4, 0.5) is 15.8 Å². The van der Waals surface area contributed by atoms with Gasteiger partial charge in [0, 0.05) is 31.0 Å². The van der Waals surface area contributed by atoms with Gasteiger partial charge >= 0.3 is 0 Å². The summed E-state index contributed by atoms with van der Waals surface area (Å²) in [5.41, 5.74) is 4.87. The highest BCUT2D eigenvalue weighted by Crippen LogP contribution is 2.28. The van der Waals surface area contributed by atoms with E-state index in [1.807, 2.05) is 6.07 Å². The first-order valence-electron chi connectivity index (χ1n) is 7.13. The van der Waals surface area contributed by atoms with Crippen LogP contribution in [0.2, 0.25) is 0 Å². The van der Waals surface area contributed by atoms with Crippen molar-refractivity contribution in [3.8, 4) is 0 Å². The average Bonchev–Trinajstić information content (AvgIpc) is 2.94. The fraction of sp³-hybridized carbons (Fsp3) is 0.294. The van der Waals surface area contributed by atoms with Crippen molar-refractivity contribution < 1.29 is 4.39 Å². The zero-order valence-electron chi connectivity index (χ0n) is 11.7. The van der Waals surface area contributed by atoms with Crippen molar-refractivity contribution in [2.75, 3.05) is 23.3 Å². The second kappa shape index (κ2) is 5.53. The number of halogens is 1. The third-order valence-electron chi connectivity index (χ3n) is 3.85. The highest BCUT2D eigenvalue weighted by molar-refractivity contribution is 5.62. The van der Waals surface area contributed by atoms with E-state index >= 15 is 0 Å². The number of hydrogen-bond acceptors (Lipinski definition) is 2. The summed E-state index contributed by atoms with van der Waals surface area (Å²) in [6.07, 6.45) is 1.09. The van der Waals surface area contributed by atoms with E-state index in [0.29, 0.717) is 0 Å². The van der Waals surface area contributed by atoms with Crippen molar-refractivity contribution in [1.29, 1.82) is 0 Å². The van der Waals surface area contributed by atoms with Crippen molar-refractivity contribution in [3.63, 3.8) is 0 Å². The van der Waals surface area contributed by atoms with E-state index in [2.05, 4.69) is 35.3 Å². The lowest BCUT2D eigenvalue weighted by Gasteiger charge is -2.24. The van der Waals surface area contributed by atoms with Crippen LogP contribution in [0.25, 0.3) is 0 Å². The summed E-state index contributed by atoms with van der Waals surface area (Å²) in [6, 6.07) is 13.3. The number of fused-ring (bicyclic) bond motifs is 1. The number of anilines is 2. The lowest BCUT2D eigenvalue weighted by molar-refractivity contribution is 0.626. The standard InChI is InChI=1S/C17H19FN2/c1-2-20(16-8-4-7-15(18)11-16)12-14-6-3-5-13-9-10-19-17(13)14/h3-8,11,19H,2,9-10,12H2,1H3. The van der Waals surface area contributed by atoms with Crippen molar-refractivity contribution in [2.24, 2.45) is 0 Å². The Morgan fingerprint density at radius 1 is 1.20 bits per heavy atom. The summed E-state index contributed by atoms with van der Waals surface area (Å²) in [4.78, 5) is 2.19. The Morgan fingerprint density at radius 2 is 2.05 bits per heavy atom. The molecular weight excluding hydrogens is 251 g/mol. The van der Waals surface area contributed by atoms with Gasteiger partial charge in [0.25, 0.3) is 0 Å². The quantitative estimate of drug-likeness (QED) is 0.908. The Balaban J connectivity index is 1.87. The van der Waals surface area contributed by atoms with Gasteiger partial charge in [-0.15, -0.1) is 0 Å². The molecule has 0 saturated heterocycles. The smallest absolute Gasteiger partial charge is 0.125 e. The van der Waals surface area contributed by atoms with Crippen molar-refractivity contribution in [3.05, 3.63) is 59.4 Å². The minimum Gasteiger partial charge on any atom is -0.384 e. The topological polar surface area (TPSA) is 15.3 Å². The number of nitrogens with one attached hydrogen (secondary N) is 1. The Morgan fingerprint density at radius 3 is 2.85 bits per heavy atom. The molecule has 0 bridgehead atoms. The van der Waals surface area contributed by atoms with Crippen molar-refractivity contribution >= 4 is 11.4 Å². The first-order chi connectivity index (χ1) is 9.78. The van der Waals surface area contributed by atoms with E-state index < -0.39 is 0 Å². The Bertz CT molecular complexity index is 610. The van der Waals surface area contributed by atoms with Crippen LogP contribution >= 0.6 is 0 Å². The van der Waals surface area contributed by atoms with Crippen LogP contribution in [0.15, 0.2) is 42.5 Å². The summed E-state index contributed by atoms with van der Waals surface area (Å²) in [6.45, 7) is 4.77. The van der Waals surface area contributed by atoms with Gasteiger partial charge in [0.1, 0.15) is 5.82 Å². The number of hydrogen-bond donors (Lipinski definition) is 1. The van der Waals surface area contributed by atoms with Gasteiger partial charge in [0.15, 0.2) is 0 Å². The molecule has 0 spiro atoms. The summed E-state index contributed by atoms with van der Waals surface area (Å²) < 4.78 is 13.4. The van der Waals surface area contributed by atoms with E-state index in [9.17, 15) is 4.39 Å². The first kappa shape index (κ1) is 13.0. The van der Waals surface area contributed by atoms with E-state index in [0.717, 1.165) is 31.7 Å². The third-order valence-corrected chi connectivity index (χ3v) is 3.85. The van der Waals surface area contributed by atoms with Gasteiger partial charge in [-0.05, 0) is 42.7 Å². The number of nitrogens with zero attached hydrogens (tertiary/aromatic N) is 1. The van der Waals surface area contributed by atoms with Crippen LogP contribution in [-0.4, -0.2) is 13.1 Å². The molecule has 0 aliphatic carbocycles. The van der Waals surface area contributed by atoms with Crippen LogP contribution in [0.5, 0.6) is 0 Å². The maximum absolute atomic E-state index is 13.4. The van der Waals surface area contributed by atoms with Gasteiger partial charge in [-0.25, -0.2) is 4.39 Å². The number of rotatable bonds is 4. The average molecular weight is 270 g/mol. The fourth-order valence-electron chi connectivity index (χ4n) is 2.81. The SMILES string of the molecule is CCN(Cc1cccc2c1NCC2)c1cccc(F)c1. The highest BCUT2D eigenvalue weighted by Gasteiger charge is 2.15. The second-order valence-corrected chi connectivity index (χ2v) is 5.12. The monoisotopic (exact) mass is 270 g/mol. The zero-order chi connectivity index (χ0) is 13.9. The molecule has 3 heteroatoms. The molecule has 1 aliphatic heterocycles. The molecule has 2 aromatic carbocycles. The molecule has 1 heterocycles. The van der Waals surface area contributed by atoms with Crippen LogP contribution < -0.4 is 10.2 Å². The van der Waals surface area contributed by atoms with Crippen molar-refractivity contribution in [1.82, 2.24) is 0 Å². The molecule has 2 nitrogen and oxygen atoms in total. The second-order valence-electron chi connectivity index (χ2n) is 5.12. The van der Waals surface area contributed by atoms with Crippen LogP contribution in [0, 0.1) is 5.82 Å². The summed E-state index contributed by atoms with van der Waals surface area (Å²) in [5.74, 6) is -0.183. The van der Waals surface area contributed by atoms with Gasteiger partial charge < -0.3 is 10.2 Å². The first-order valence-corrected chi connectivity index (χ1v) is 7.13. The summed E-state index contributed by atoms with van der Waals surface area (Å²) in [5, 5.41) is 3.46. The fourth-order valence-corrected chi connectivity index (χ4v) is 2.81. The molecule has 104 valence electrons. The maximum Gasteiger partial charge on any atom is 0.125 e. The largest absolute Gasteiger partial charge is 0.384 e. The van der Waals surface area contributed by atoms with Gasteiger partial charge in [-0.3, -0.25) is 0 Å². The molecule has 1 N–H and O–H groups in total. The van der Waals surface area contributed by atoms with E-state index in [1.165, 1.54) is 22.9 Å². The van der Waals surface area contributed by atoms with Gasteiger partial charge in [0.05, 0.1) is 0 Å². The highest BCUT2D eigenvalue weighted by atomic mass is 19.1. The molecule has 0 saturated carbocycles. The maximum atomic E-state index is 13.4. The van der Waals surface area contributed by atoms with E-state index in [4.69, 9.17) is 0 Å². The zero-order valence-corrected chi connectivity index (χ0v) is 11.7. The minimum atomic E-state index is -0.183. The molecule has 1 aliphatic rings. The molecular formula is C17H19FN2. The Labute approximate surface area is 119 Å². The lowest BCUT2D eigenvalue weighted by atomic mass is 10.1. The molecule has 0 unspecified atom stereocenters. The third kappa shape index (κ3) is 2.48. The Kier molecular flexibility index (Phi) is 3.59. The molecule has 2 aromatic rings. The normalized spacial score (nSPS) is 12.9. The van der Waals surface area contributed by atoms with E-state index in [-0.39, 0.29) is 5.82 Å². The number of benzene rings is 2. The lowest BCUT2D eigenvalue weighted by Crippen LogP contribution is -2.22. The van der Waals surface area contributed by atoms with Gasteiger partial charge in [-0.1, -0.05) is 24.3 Å². The predicted molar refractivity (Wildman–Crippen MR) is 81.8 cm³/mol. The molecule has 0 fully saturated rings. The molecule has 20 heavy (non-hydrogen) atoms. The molecule has 0 atom stereocenters. The minimum absolute atomic E-state index is 0.183. The van der Waals surface area contributed by atoms with Crippen molar-refractivity contribution in [2.45, 2.75) is 19.9 Å². The molecule has 3 rings (SSSR count). The summed E-state index contributed by atoms with van der Waals surface area (Å²) in [7, 11) is 0. The Hall–Kier alpha value is -2.03. The predicted octanol–water partition coefficient (Wildman–Crippen LogP) is 3.82. The van der Waals surface area contributed by atoms with Crippen LogP contribution in [0.1, 0.15) is 18.1 Å². The van der Waals surface area contributed by atoms with Gasteiger partial charge in [0.2, 0.25) is 0 Å². The number of para-hydroxylation sites is 1. The molecule has 0 aromatic heterocycles. The van der Waals surface area contributed by atoms with Gasteiger partial charge in [-0.2, -0.15) is 0 Å². The molecule has 0 radical (unpaired) electrons. The van der Waals surface area contributed by atoms with E-state index in [1.54, 1.807) is 12.1 Å². The summed E-state index contributed by atoms with van der Waals surface area (Å²) >= 11 is 0. The molecule has 0 amide bonds. The van der Waals surface area contributed by atoms with Crippen LogP contribution in [0.3, 0.4) is 0 Å². The van der Waals surface area contributed by atoms with Crippen LogP contribution in [-0.2, 0) is 13.0 Å².